The molecule has 0 saturated carbocycles. The van der Waals surface area contributed by atoms with Crippen LogP contribution < -0.4 is 0 Å². The second-order valence-electron chi connectivity index (χ2n) is 0. The van der Waals surface area contributed by atoms with E-state index in [1.165, 1.54) is 0 Å². The summed E-state index contributed by atoms with van der Waals surface area (Å²) in [5, 5.41) is 0. The van der Waals surface area contributed by atoms with Crippen molar-refractivity contribution in [1.29, 1.82) is 0 Å². The van der Waals surface area contributed by atoms with E-state index in [9.17, 15) is 0 Å². The van der Waals surface area contributed by atoms with E-state index in [0.29, 0.717) is 0 Å². The summed E-state index contributed by atoms with van der Waals surface area (Å²) in [5.41, 5.74) is 0. The van der Waals surface area contributed by atoms with Gasteiger partial charge in [-0.1, -0.05) is 0 Å². The Labute approximate surface area is 67.3 Å². The molecule has 0 atom stereocenters. The molecule has 0 aromatic carbocycles. The summed E-state index contributed by atoms with van der Waals surface area (Å²) < 4.78 is 7.88. The van der Waals surface area contributed by atoms with E-state index in [1.54, 1.807) is 0 Å². The van der Waals surface area contributed by atoms with Crippen molar-refractivity contribution in [3.63, 3.8) is 0 Å². The van der Waals surface area contributed by atoms with E-state index < -0.39 is 0 Å². The van der Waals surface area contributed by atoms with Gasteiger partial charge in [0.1, 0.15) is 0 Å². The first-order valence-electron chi connectivity index (χ1n) is 0.129. The summed E-state index contributed by atoms with van der Waals surface area (Å²) >= 11 is 2.62. The van der Waals surface area contributed by atoms with Gasteiger partial charge in [-0.15, -0.1) is 0 Å². The second kappa shape index (κ2) is 48.6. The molecule has 0 heterocycles. The molecule has 0 unspecified atom stereocenters. The average molecular weight is 178 g/mol. The second-order valence-corrected chi connectivity index (χ2v) is 0. The van der Waals surface area contributed by atoms with Gasteiger partial charge in [0.05, 0.1) is 0 Å². The van der Waals surface area contributed by atoms with Crippen LogP contribution in [0.3, 0.4) is 0 Å². The van der Waals surface area contributed by atoms with Crippen LogP contribution >= 0.6 is 0 Å². The first-order valence-corrected chi connectivity index (χ1v) is 0.532. The number of hydrogen-bond donors (Lipinski definition) is 0. The Hall–Kier alpha value is 1.53. The van der Waals surface area contributed by atoms with Crippen LogP contribution in [0.15, 0.2) is 0 Å². The minimum atomic E-state index is 0. The van der Waals surface area contributed by atoms with Gasteiger partial charge in [0.2, 0.25) is 0 Å². The molecule has 0 rings (SSSR count). The van der Waals surface area contributed by atoms with Crippen molar-refractivity contribution < 1.29 is 44.4 Å². The van der Waals surface area contributed by atoms with Gasteiger partial charge in [-0.25, -0.2) is 0 Å². The van der Waals surface area contributed by atoms with Crippen LogP contribution in [0.2, 0.25) is 0 Å². The molecule has 1 radical (unpaired) electrons. The molecule has 0 aliphatic heterocycles. The third-order valence-corrected chi connectivity index (χ3v) is 0. The molecule has 0 spiro atoms. The molecule has 5 heavy (non-hydrogen) atoms. The Morgan fingerprint density at radius 1 is 1.40 bits per heavy atom. The van der Waals surface area contributed by atoms with Gasteiger partial charge in [-0.3, -0.25) is 0 Å². The van der Waals surface area contributed by atoms with E-state index >= 15 is 0 Å². The molecule has 0 bridgehead atoms. The molecule has 0 amide bonds. The van der Waals surface area contributed by atoms with Gasteiger partial charge in [0.15, 0.2) is 0 Å². The third kappa shape index (κ3) is 29.5. The third-order valence-electron chi connectivity index (χ3n) is 0. The van der Waals surface area contributed by atoms with E-state index in [1.807, 2.05) is 0 Å². The quantitative estimate of drug-likeness (QED) is 0.434. The van der Waals surface area contributed by atoms with E-state index in [2.05, 4.69) is 15.4 Å². The first-order chi connectivity index (χ1) is 1.00. The fraction of sp³-hybridized carbons (Fsp3) is 0. The summed E-state index contributed by atoms with van der Waals surface area (Å²) in [6.45, 7) is 0. The van der Waals surface area contributed by atoms with Crippen LogP contribution in [0.4, 0.5) is 0 Å². The molecule has 0 aliphatic rings. The molecule has 0 fully saturated rings. The van der Waals surface area contributed by atoms with Crippen LogP contribution in [0.1, 0.15) is 2.85 Å². The van der Waals surface area contributed by atoms with Gasteiger partial charge in [-0.2, -0.15) is 0 Å². The fourth-order valence-corrected chi connectivity index (χ4v) is 0. The summed E-state index contributed by atoms with van der Waals surface area (Å²) in [7, 11) is 0. The molecule has 37 valence electrons. The predicted molar refractivity (Wildman–Crippen MR) is 12.3 cm³/mol. The van der Waals surface area contributed by atoms with Gasteiger partial charge in [0, 0.05) is 16.8 Å². The fourth-order valence-electron chi connectivity index (χ4n) is 0. The zero-order valence-electron chi connectivity index (χ0n) is 4.26. The van der Waals surface area contributed by atoms with Crippen molar-refractivity contribution >= 4 is 23.1 Å². The topological polar surface area (TPSA) is 48.6 Å². The maximum atomic E-state index is 7.88. The molecule has 2 nitrogen and oxygen atoms in total. The Kier molecular flexibility index (Phi) is 304. The van der Waals surface area contributed by atoms with Crippen LogP contribution in [-0.2, 0) is 36.1 Å². The van der Waals surface area contributed by atoms with Crippen molar-refractivity contribution in [1.82, 2.24) is 0 Å². The van der Waals surface area contributed by atoms with Crippen LogP contribution in [-0.4, -0.2) is 28.5 Å². The number of rotatable bonds is 0. The minimum absolute atomic E-state index is 0. The van der Waals surface area contributed by atoms with Gasteiger partial charge in [-0.05, 0) is 0 Å². The SMILES string of the molecule is O.[Co].[H-].[H-].[Mg+2].[O]=[Ni]. The standard InChI is InChI=1S/Co.Mg.Ni.H2O.O.2H/h;;;1H2;;;/q;+2;;;;2*-1. The van der Waals surface area contributed by atoms with Crippen molar-refractivity contribution in [3.8, 4) is 0 Å². The van der Waals surface area contributed by atoms with Crippen molar-refractivity contribution in [2.45, 2.75) is 0 Å². The molecule has 0 aromatic rings. The molecular formula is H4CoMgNiO2. The summed E-state index contributed by atoms with van der Waals surface area (Å²) in [6, 6.07) is 0. The van der Waals surface area contributed by atoms with Crippen LogP contribution in [0.5, 0.6) is 0 Å². The zero-order valence-corrected chi connectivity index (χ0v) is 5.71. The normalized spacial score (nSPS) is 1.20. The monoisotopic (exact) mass is 177 g/mol. The Balaban J connectivity index is -0.000000000500. The predicted octanol–water partition coefficient (Wildman–Crippen LogP) is -1.10. The van der Waals surface area contributed by atoms with E-state index in [0.717, 1.165) is 0 Å². The molecule has 0 saturated heterocycles. The molecular weight excluding hydrogens is 174 g/mol. The average Bonchev–Trinajstić information content (AvgIpc) is 1.00. The van der Waals surface area contributed by atoms with E-state index in [4.69, 9.17) is 3.90 Å². The Morgan fingerprint density at radius 3 is 1.40 bits per heavy atom. The summed E-state index contributed by atoms with van der Waals surface area (Å²) in [6.07, 6.45) is 0. The molecule has 5 heteroatoms. The van der Waals surface area contributed by atoms with Crippen LogP contribution in [0.25, 0.3) is 0 Å². The van der Waals surface area contributed by atoms with E-state index in [-0.39, 0.29) is 48.2 Å². The summed E-state index contributed by atoms with van der Waals surface area (Å²) in [5.74, 6) is 0. The van der Waals surface area contributed by atoms with Gasteiger partial charge in [0.25, 0.3) is 0 Å². The van der Waals surface area contributed by atoms with Crippen LogP contribution in [0, 0.1) is 0 Å². The summed E-state index contributed by atoms with van der Waals surface area (Å²) in [4.78, 5) is 0. The Bertz CT molecular complexity index is 15.7. The zero-order chi connectivity index (χ0) is 2.00. The van der Waals surface area contributed by atoms with Gasteiger partial charge >= 0.3 is 42.3 Å². The van der Waals surface area contributed by atoms with Crippen molar-refractivity contribution in [2.75, 3.05) is 0 Å². The molecule has 0 aromatic heterocycles. The Morgan fingerprint density at radius 2 is 1.40 bits per heavy atom. The maximum absolute atomic E-state index is 7.88. The number of hydrogen-bond acceptors (Lipinski definition) is 1. The van der Waals surface area contributed by atoms with Crippen molar-refractivity contribution in [2.24, 2.45) is 0 Å². The molecule has 0 aliphatic carbocycles. The van der Waals surface area contributed by atoms with Gasteiger partial charge < -0.3 is 8.33 Å². The molecule has 2 N–H and O–H groups in total. The first kappa shape index (κ1) is 31.2. The van der Waals surface area contributed by atoms with Crippen molar-refractivity contribution in [3.05, 3.63) is 0 Å².